The number of nitrogens with zero attached hydrogens (tertiary/aromatic N) is 1. The van der Waals surface area contributed by atoms with Crippen LogP contribution in [-0.4, -0.2) is 32.5 Å². The molecule has 0 aliphatic rings. The van der Waals surface area contributed by atoms with Crippen LogP contribution < -0.4 is 14.8 Å². The van der Waals surface area contributed by atoms with Gasteiger partial charge in [0.1, 0.15) is 11.8 Å². The van der Waals surface area contributed by atoms with Gasteiger partial charge in [-0.25, -0.2) is 13.4 Å². The third-order valence-electron chi connectivity index (χ3n) is 4.72. The van der Waals surface area contributed by atoms with Crippen molar-refractivity contribution in [2.75, 3.05) is 7.11 Å². The third kappa shape index (κ3) is 6.03. The standard InChI is InChI=1S/C22H27N3O4S2/c1-14(2)11-20(22(26)23-13-16-5-7-17(29-4)8-6-16)25-31(27,28)18-9-10-19-21(12-18)30-15(3)24-19/h5-10,12,14,20,25H,11,13H2,1-4H3,(H,23,26)/t20-/m0/s1. The van der Waals surface area contributed by atoms with Crippen molar-refractivity contribution in [2.45, 2.75) is 44.7 Å². The van der Waals surface area contributed by atoms with Gasteiger partial charge in [-0.3, -0.25) is 4.79 Å². The van der Waals surface area contributed by atoms with Gasteiger partial charge in [0, 0.05) is 6.54 Å². The maximum absolute atomic E-state index is 13.0. The number of hydrogen-bond acceptors (Lipinski definition) is 6. The van der Waals surface area contributed by atoms with Crippen molar-refractivity contribution in [3.63, 3.8) is 0 Å². The summed E-state index contributed by atoms with van der Waals surface area (Å²) in [7, 11) is -2.28. The predicted molar refractivity (Wildman–Crippen MR) is 123 cm³/mol. The molecule has 1 amide bonds. The number of hydrogen-bond donors (Lipinski definition) is 2. The lowest BCUT2D eigenvalue weighted by molar-refractivity contribution is -0.123. The molecule has 0 unspecified atom stereocenters. The highest BCUT2D eigenvalue weighted by Gasteiger charge is 2.26. The van der Waals surface area contributed by atoms with Crippen LogP contribution in [0.4, 0.5) is 0 Å². The lowest BCUT2D eigenvalue weighted by atomic mass is 10.0. The van der Waals surface area contributed by atoms with Crippen LogP contribution >= 0.6 is 11.3 Å². The number of carbonyl (C=O) groups excluding carboxylic acids is 1. The first kappa shape index (κ1) is 23.2. The molecule has 0 saturated carbocycles. The Morgan fingerprint density at radius 3 is 2.52 bits per heavy atom. The van der Waals surface area contributed by atoms with Gasteiger partial charge in [-0.15, -0.1) is 11.3 Å². The Morgan fingerprint density at radius 1 is 1.16 bits per heavy atom. The van der Waals surface area contributed by atoms with Crippen LogP contribution in [-0.2, 0) is 21.4 Å². The molecule has 31 heavy (non-hydrogen) atoms. The second-order valence-electron chi connectivity index (χ2n) is 7.73. The molecule has 0 aliphatic carbocycles. The highest BCUT2D eigenvalue weighted by atomic mass is 32.2. The molecule has 0 bridgehead atoms. The maximum Gasteiger partial charge on any atom is 0.241 e. The molecular weight excluding hydrogens is 434 g/mol. The smallest absolute Gasteiger partial charge is 0.241 e. The van der Waals surface area contributed by atoms with Gasteiger partial charge >= 0.3 is 0 Å². The first-order valence-corrected chi connectivity index (χ1v) is 12.3. The van der Waals surface area contributed by atoms with Crippen LogP contribution in [0, 0.1) is 12.8 Å². The summed E-state index contributed by atoms with van der Waals surface area (Å²) in [6.07, 6.45) is 0.385. The minimum absolute atomic E-state index is 0.125. The van der Waals surface area contributed by atoms with Gasteiger partial charge < -0.3 is 10.1 Å². The van der Waals surface area contributed by atoms with Gasteiger partial charge in [0.25, 0.3) is 0 Å². The predicted octanol–water partition coefficient (Wildman–Crippen LogP) is 3.62. The zero-order valence-corrected chi connectivity index (χ0v) is 19.6. The minimum atomic E-state index is -3.87. The van der Waals surface area contributed by atoms with E-state index in [1.54, 1.807) is 19.2 Å². The zero-order chi connectivity index (χ0) is 22.6. The van der Waals surface area contributed by atoms with Crippen LogP contribution in [0.5, 0.6) is 5.75 Å². The number of nitrogens with one attached hydrogen (secondary N) is 2. The van der Waals surface area contributed by atoms with E-state index in [1.807, 2.05) is 45.0 Å². The Bertz CT molecular complexity index is 1160. The fourth-order valence-corrected chi connectivity index (χ4v) is 5.35. The van der Waals surface area contributed by atoms with Crippen molar-refractivity contribution in [2.24, 2.45) is 5.92 Å². The van der Waals surface area contributed by atoms with Gasteiger partial charge in [0.2, 0.25) is 15.9 Å². The highest BCUT2D eigenvalue weighted by molar-refractivity contribution is 7.89. The van der Waals surface area contributed by atoms with E-state index in [2.05, 4.69) is 15.0 Å². The summed E-state index contributed by atoms with van der Waals surface area (Å²) in [5.74, 6) is 0.502. The summed E-state index contributed by atoms with van der Waals surface area (Å²) in [4.78, 5) is 17.3. The number of rotatable bonds is 9. The average molecular weight is 462 g/mol. The number of sulfonamides is 1. The molecular formula is C22H27N3O4S2. The molecule has 2 aromatic carbocycles. The number of ether oxygens (including phenoxy) is 1. The van der Waals surface area contributed by atoms with Crippen molar-refractivity contribution in [1.82, 2.24) is 15.0 Å². The summed E-state index contributed by atoms with van der Waals surface area (Å²) in [6.45, 7) is 6.07. The molecule has 2 N–H and O–H groups in total. The van der Waals surface area contributed by atoms with Gasteiger partial charge in [0.05, 0.1) is 27.2 Å². The van der Waals surface area contributed by atoms with Crippen LogP contribution in [0.2, 0.25) is 0 Å². The van der Waals surface area contributed by atoms with E-state index in [0.29, 0.717) is 13.0 Å². The molecule has 1 aromatic heterocycles. The van der Waals surface area contributed by atoms with E-state index in [9.17, 15) is 13.2 Å². The van der Waals surface area contributed by atoms with Crippen molar-refractivity contribution in [3.05, 3.63) is 53.0 Å². The second-order valence-corrected chi connectivity index (χ2v) is 10.7. The number of carbonyl (C=O) groups is 1. The molecule has 3 aromatic rings. The average Bonchev–Trinajstić information content (AvgIpc) is 3.10. The Labute approximate surface area is 186 Å². The first-order valence-electron chi connectivity index (χ1n) is 9.98. The summed E-state index contributed by atoms with van der Waals surface area (Å²) < 4.78 is 34.5. The van der Waals surface area contributed by atoms with Crippen molar-refractivity contribution < 1.29 is 17.9 Å². The van der Waals surface area contributed by atoms with E-state index in [4.69, 9.17) is 4.74 Å². The van der Waals surface area contributed by atoms with Gasteiger partial charge in [-0.1, -0.05) is 26.0 Å². The summed E-state index contributed by atoms with van der Waals surface area (Å²) in [6, 6.07) is 11.3. The zero-order valence-electron chi connectivity index (χ0n) is 18.0. The number of aryl methyl sites for hydroxylation is 1. The molecule has 0 spiro atoms. The topological polar surface area (TPSA) is 97.4 Å². The minimum Gasteiger partial charge on any atom is -0.497 e. The SMILES string of the molecule is COc1ccc(CNC(=O)[C@H](CC(C)C)NS(=O)(=O)c2ccc3nc(C)sc3c2)cc1. The summed E-state index contributed by atoms with van der Waals surface area (Å²) >= 11 is 1.44. The number of benzene rings is 2. The normalized spacial score (nSPS) is 12.8. The molecule has 9 heteroatoms. The Kier molecular flexibility index (Phi) is 7.30. The summed E-state index contributed by atoms with van der Waals surface area (Å²) in [5, 5.41) is 3.70. The van der Waals surface area contributed by atoms with Gasteiger partial charge in [-0.05, 0) is 55.2 Å². The van der Waals surface area contributed by atoms with Crippen LogP contribution in [0.15, 0.2) is 47.4 Å². The molecule has 0 radical (unpaired) electrons. The molecule has 0 fully saturated rings. The Morgan fingerprint density at radius 2 is 1.87 bits per heavy atom. The van der Waals surface area contributed by atoms with Gasteiger partial charge in [-0.2, -0.15) is 4.72 Å². The number of aromatic nitrogens is 1. The van der Waals surface area contributed by atoms with E-state index in [-0.39, 0.29) is 16.7 Å². The molecule has 0 saturated heterocycles. The highest BCUT2D eigenvalue weighted by Crippen LogP contribution is 2.25. The van der Waals surface area contributed by atoms with Crippen molar-refractivity contribution >= 4 is 37.5 Å². The summed E-state index contributed by atoms with van der Waals surface area (Å²) in [5.41, 5.74) is 1.66. The van der Waals surface area contributed by atoms with Crippen molar-refractivity contribution in [1.29, 1.82) is 0 Å². The van der Waals surface area contributed by atoms with Crippen LogP contribution in [0.3, 0.4) is 0 Å². The largest absolute Gasteiger partial charge is 0.497 e. The third-order valence-corrected chi connectivity index (χ3v) is 7.13. The molecule has 1 heterocycles. The fraction of sp³-hybridized carbons (Fsp3) is 0.364. The van der Waals surface area contributed by atoms with Crippen molar-refractivity contribution in [3.8, 4) is 5.75 Å². The van der Waals surface area contributed by atoms with E-state index in [0.717, 1.165) is 26.5 Å². The van der Waals surface area contributed by atoms with E-state index in [1.165, 1.54) is 17.4 Å². The maximum atomic E-state index is 13.0. The van der Waals surface area contributed by atoms with E-state index >= 15 is 0 Å². The lowest BCUT2D eigenvalue weighted by Gasteiger charge is -2.20. The number of amides is 1. The quantitative estimate of drug-likeness (QED) is 0.507. The molecule has 7 nitrogen and oxygen atoms in total. The molecule has 3 rings (SSSR count). The lowest BCUT2D eigenvalue weighted by Crippen LogP contribution is -2.47. The fourth-order valence-electron chi connectivity index (χ4n) is 3.18. The first-order chi connectivity index (χ1) is 14.7. The number of thiazole rings is 1. The Hall–Kier alpha value is -2.49. The molecule has 1 atom stereocenters. The van der Waals surface area contributed by atoms with E-state index < -0.39 is 16.1 Å². The molecule has 0 aliphatic heterocycles. The molecule has 166 valence electrons. The second kappa shape index (κ2) is 9.76. The number of fused-ring (bicyclic) bond motifs is 1. The van der Waals surface area contributed by atoms with Crippen LogP contribution in [0.25, 0.3) is 10.2 Å². The Balaban J connectivity index is 1.74. The number of methoxy groups -OCH3 is 1. The van der Waals surface area contributed by atoms with Gasteiger partial charge in [0.15, 0.2) is 0 Å². The monoisotopic (exact) mass is 461 g/mol. The van der Waals surface area contributed by atoms with Crippen LogP contribution in [0.1, 0.15) is 30.8 Å².